The molecule has 0 radical (unpaired) electrons. The van der Waals surface area contributed by atoms with Gasteiger partial charge in [-0.05, 0) is 31.5 Å². The Morgan fingerprint density at radius 3 is 2.17 bits per heavy atom. The summed E-state index contributed by atoms with van der Waals surface area (Å²) in [4.78, 5) is 35.8. The molecular weight excluding hydrogens is 306 g/mol. The van der Waals surface area contributed by atoms with Crippen molar-refractivity contribution in [3.8, 4) is 0 Å². The highest BCUT2D eigenvalue weighted by Crippen LogP contribution is 2.29. The summed E-state index contributed by atoms with van der Waals surface area (Å²) >= 11 is 0. The van der Waals surface area contributed by atoms with E-state index in [9.17, 15) is 19.5 Å². The van der Waals surface area contributed by atoms with Gasteiger partial charge in [0.15, 0.2) is 5.78 Å². The number of anilines is 1. The van der Waals surface area contributed by atoms with Crippen LogP contribution in [-0.4, -0.2) is 22.8 Å². The Kier molecular flexibility index (Phi) is 5.14. The summed E-state index contributed by atoms with van der Waals surface area (Å²) in [6.45, 7) is 2.93. The molecule has 2 aromatic carbocycles. The van der Waals surface area contributed by atoms with Crippen molar-refractivity contribution in [1.29, 1.82) is 0 Å². The molecule has 0 aromatic heterocycles. The minimum Gasteiger partial charge on any atom is -0.481 e. The molecule has 5 heteroatoms. The second kappa shape index (κ2) is 7.08. The first-order valence-electron chi connectivity index (χ1n) is 7.53. The van der Waals surface area contributed by atoms with Gasteiger partial charge >= 0.3 is 5.97 Å². The summed E-state index contributed by atoms with van der Waals surface area (Å²) in [7, 11) is 0. The van der Waals surface area contributed by atoms with E-state index in [-0.39, 0.29) is 12.2 Å². The lowest BCUT2D eigenvalue weighted by Gasteiger charge is -2.25. The number of hydrogen-bond donors (Lipinski definition) is 2. The van der Waals surface area contributed by atoms with Crippen LogP contribution < -0.4 is 5.32 Å². The fourth-order valence-corrected chi connectivity index (χ4v) is 2.52. The topological polar surface area (TPSA) is 83.5 Å². The van der Waals surface area contributed by atoms with Gasteiger partial charge in [-0.2, -0.15) is 0 Å². The first-order valence-corrected chi connectivity index (χ1v) is 7.53. The minimum atomic E-state index is -1.35. The lowest BCUT2D eigenvalue weighted by atomic mass is 9.79. The molecule has 0 fully saturated rings. The van der Waals surface area contributed by atoms with Gasteiger partial charge in [-0.25, -0.2) is 0 Å². The number of ketones is 1. The molecule has 2 N–H and O–H groups in total. The van der Waals surface area contributed by atoms with Gasteiger partial charge in [0.05, 0.1) is 11.1 Å². The van der Waals surface area contributed by atoms with E-state index in [1.807, 2.05) is 0 Å². The van der Waals surface area contributed by atoms with Gasteiger partial charge in [0, 0.05) is 12.0 Å². The van der Waals surface area contributed by atoms with Gasteiger partial charge in [0.1, 0.15) is 0 Å². The molecule has 0 aliphatic carbocycles. The van der Waals surface area contributed by atoms with Gasteiger partial charge in [0.25, 0.3) is 0 Å². The molecule has 0 spiro atoms. The summed E-state index contributed by atoms with van der Waals surface area (Å²) in [5.41, 5.74) is -0.0258. The van der Waals surface area contributed by atoms with Crippen LogP contribution in [0.5, 0.6) is 0 Å². The lowest BCUT2D eigenvalue weighted by molar-refractivity contribution is -0.145. The van der Waals surface area contributed by atoms with Crippen molar-refractivity contribution in [2.75, 3.05) is 5.32 Å². The fraction of sp³-hybridized carbons (Fsp3) is 0.211. The zero-order valence-electron chi connectivity index (χ0n) is 13.6. The van der Waals surface area contributed by atoms with Gasteiger partial charge in [-0.15, -0.1) is 0 Å². The SMILES string of the molecule is CC(=O)c1ccccc1NC(=O)CC(C)(C(=O)O)c1ccccc1. The number of para-hydroxylation sites is 1. The van der Waals surface area contributed by atoms with Crippen molar-refractivity contribution < 1.29 is 19.5 Å². The third kappa shape index (κ3) is 3.68. The number of benzene rings is 2. The molecule has 1 amide bonds. The monoisotopic (exact) mass is 325 g/mol. The molecule has 5 nitrogen and oxygen atoms in total. The van der Waals surface area contributed by atoms with Gasteiger partial charge in [-0.3, -0.25) is 14.4 Å². The Labute approximate surface area is 140 Å². The van der Waals surface area contributed by atoms with Crippen molar-refractivity contribution in [2.45, 2.75) is 25.7 Å². The van der Waals surface area contributed by atoms with Crippen molar-refractivity contribution in [1.82, 2.24) is 0 Å². The number of aliphatic carboxylic acids is 1. The smallest absolute Gasteiger partial charge is 0.314 e. The van der Waals surface area contributed by atoms with Gasteiger partial charge < -0.3 is 10.4 Å². The van der Waals surface area contributed by atoms with Crippen LogP contribution >= 0.6 is 0 Å². The predicted molar refractivity (Wildman–Crippen MR) is 91.1 cm³/mol. The quantitative estimate of drug-likeness (QED) is 0.799. The van der Waals surface area contributed by atoms with Crippen LogP contribution in [0.4, 0.5) is 5.69 Å². The van der Waals surface area contributed by atoms with Crippen molar-refractivity contribution in [2.24, 2.45) is 0 Å². The van der Waals surface area contributed by atoms with Gasteiger partial charge in [-0.1, -0.05) is 42.5 Å². The Hall–Kier alpha value is -2.95. The lowest BCUT2D eigenvalue weighted by Crippen LogP contribution is -2.36. The summed E-state index contributed by atoms with van der Waals surface area (Å²) in [6, 6.07) is 15.3. The molecule has 0 heterocycles. The van der Waals surface area contributed by atoms with E-state index in [1.54, 1.807) is 54.6 Å². The minimum absolute atomic E-state index is 0.171. The third-order valence-electron chi connectivity index (χ3n) is 3.98. The molecule has 0 aliphatic rings. The van der Waals surface area contributed by atoms with E-state index in [4.69, 9.17) is 0 Å². The van der Waals surface area contributed by atoms with Crippen LogP contribution in [0.1, 0.15) is 36.2 Å². The highest BCUT2D eigenvalue weighted by atomic mass is 16.4. The maximum atomic E-state index is 12.4. The summed E-state index contributed by atoms with van der Waals surface area (Å²) in [5, 5.41) is 12.3. The first-order chi connectivity index (χ1) is 11.3. The van der Waals surface area contributed by atoms with Crippen molar-refractivity contribution in [3.05, 3.63) is 65.7 Å². The Balaban J connectivity index is 2.24. The molecule has 0 bridgehead atoms. The molecule has 24 heavy (non-hydrogen) atoms. The number of carboxylic acids is 1. The van der Waals surface area contributed by atoms with Crippen LogP contribution in [0.25, 0.3) is 0 Å². The first kappa shape index (κ1) is 17.4. The number of carbonyl (C=O) groups is 3. The molecule has 2 rings (SSSR count). The van der Waals surface area contributed by atoms with Crippen molar-refractivity contribution >= 4 is 23.3 Å². The number of rotatable bonds is 6. The maximum Gasteiger partial charge on any atom is 0.314 e. The molecule has 124 valence electrons. The van der Waals surface area contributed by atoms with Crippen LogP contribution in [0, 0.1) is 0 Å². The second-order valence-electron chi connectivity index (χ2n) is 5.83. The number of hydrogen-bond acceptors (Lipinski definition) is 3. The number of carboxylic acid groups (broad SMARTS) is 1. The van der Waals surface area contributed by atoms with Crippen molar-refractivity contribution in [3.63, 3.8) is 0 Å². The van der Waals surface area contributed by atoms with E-state index >= 15 is 0 Å². The largest absolute Gasteiger partial charge is 0.481 e. The standard InChI is InChI=1S/C19H19NO4/c1-13(21)15-10-6-7-11-16(15)20-17(22)12-19(2,18(23)24)14-8-4-3-5-9-14/h3-11H,12H2,1-2H3,(H,20,22)(H,23,24). The fourth-order valence-electron chi connectivity index (χ4n) is 2.52. The average molecular weight is 325 g/mol. The van der Waals surface area contributed by atoms with E-state index in [1.165, 1.54) is 13.8 Å². The molecule has 0 saturated heterocycles. The Morgan fingerprint density at radius 1 is 1.00 bits per heavy atom. The normalized spacial score (nSPS) is 12.9. The summed E-state index contributed by atoms with van der Waals surface area (Å²) in [5.74, 6) is -1.71. The summed E-state index contributed by atoms with van der Waals surface area (Å²) in [6.07, 6.45) is -0.238. The molecule has 1 unspecified atom stereocenters. The second-order valence-corrected chi connectivity index (χ2v) is 5.83. The molecular formula is C19H19NO4. The number of Topliss-reactive ketones (excluding diaryl/α,β-unsaturated/α-hetero) is 1. The maximum absolute atomic E-state index is 12.4. The number of nitrogens with one attached hydrogen (secondary N) is 1. The Bertz CT molecular complexity index is 770. The molecule has 1 atom stereocenters. The zero-order chi connectivity index (χ0) is 17.7. The Morgan fingerprint density at radius 2 is 1.58 bits per heavy atom. The highest BCUT2D eigenvalue weighted by Gasteiger charge is 2.37. The van der Waals surface area contributed by atoms with E-state index in [0.29, 0.717) is 16.8 Å². The molecule has 2 aromatic rings. The van der Waals surface area contributed by atoms with Crippen LogP contribution in [0.2, 0.25) is 0 Å². The molecule has 0 saturated carbocycles. The van der Waals surface area contributed by atoms with E-state index < -0.39 is 17.3 Å². The highest BCUT2D eigenvalue weighted by molar-refractivity contribution is 6.04. The molecule has 0 aliphatic heterocycles. The summed E-state index contributed by atoms with van der Waals surface area (Å²) < 4.78 is 0. The number of carbonyl (C=O) groups excluding carboxylic acids is 2. The average Bonchev–Trinajstić information content (AvgIpc) is 2.55. The van der Waals surface area contributed by atoms with Crippen LogP contribution in [0.3, 0.4) is 0 Å². The zero-order valence-corrected chi connectivity index (χ0v) is 13.6. The van der Waals surface area contributed by atoms with E-state index in [2.05, 4.69) is 5.32 Å². The van der Waals surface area contributed by atoms with Crippen LogP contribution in [0.15, 0.2) is 54.6 Å². The third-order valence-corrected chi connectivity index (χ3v) is 3.98. The van der Waals surface area contributed by atoms with E-state index in [0.717, 1.165) is 0 Å². The van der Waals surface area contributed by atoms with Gasteiger partial charge in [0.2, 0.25) is 5.91 Å². The number of amides is 1. The van der Waals surface area contributed by atoms with Crippen LogP contribution in [-0.2, 0) is 15.0 Å². The predicted octanol–water partition coefficient (Wildman–Crippen LogP) is 3.26.